The molecule has 0 spiro atoms. The molecule has 0 aliphatic carbocycles. The van der Waals surface area contributed by atoms with Crippen molar-refractivity contribution in [3.63, 3.8) is 0 Å². The van der Waals surface area contributed by atoms with E-state index in [4.69, 9.17) is 0 Å². The number of thiazole rings is 1. The van der Waals surface area contributed by atoms with Crippen LogP contribution >= 0.6 is 11.3 Å². The molecule has 0 aliphatic rings. The summed E-state index contributed by atoms with van der Waals surface area (Å²) in [5, 5.41) is 6.99. The second kappa shape index (κ2) is 8.34. The number of carbonyl (C=O) groups is 1. The van der Waals surface area contributed by atoms with Gasteiger partial charge in [-0.3, -0.25) is 19.5 Å². The fraction of sp³-hybridized carbons (Fsp3) is 0.0370. The number of benzene rings is 3. The Morgan fingerprint density at radius 3 is 2.54 bits per heavy atom. The van der Waals surface area contributed by atoms with Gasteiger partial charge >= 0.3 is 0 Å². The smallest absolute Gasteiger partial charge is 0.265 e. The normalized spacial score (nSPS) is 11.2. The van der Waals surface area contributed by atoms with Crippen LogP contribution < -0.4 is 10.9 Å². The summed E-state index contributed by atoms with van der Waals surface area (Å²) in [6, 6.07) is 22.1. The number of fused-ring (bicyclic) bond motifs is 2. The number of nitrogens with zero attached hydrogens (tertiary/aromatic N) is 3. The summed E-state index contributed by atoms with van der Waals surface area (Å²) in [6.07, 6.45) is 1.50. The van der Waals surface area contributed by atoms with Crippen molar-refractivity contribution in [3.8, 4) is 16.9 Å². The molecule has 0 aliphatic heterocycles. The van der Waals surface area contributed by atoms with E-state index in [1.165, 1.54) is 22.2 Å². The molecule has 0 fully saturated rings. The molecule has 8 heteroatoms. The Morgan fingerprint density at radius 1 is 0.971 bits per heavy atom. The van der Waals surface area contributed by atoms with E-state index in [1.807, 2.05) is 42.6 Å². The summed E-state index contributed by atoms with van der Waals surface area (Å²) in [4.78, 5) is 38.1. The van der Waals surface area contributed by atoms with E-state index in [0.29, 0.717) is 27.3 Å². The van der Waals surface area contributed by atoms with Crippen molar-refractivity contribution in [1.29, 1.82) is 0 Å². The van der Waals surface area contributed by atoms with Gasteiger partial charge in [0.25, 0.3) is 11.5 Å². The monoisotopic (exact) mass is 477 g/mol. The van der Waals surface area contributed by atoms with E-state index in [0.717, 1.165) is 27.9 Å². The molecule has 3 aromatic heterocycles. The molecule has 0 atom stereocenters. The highest BCUT2D eigenvalue weighted by Crippen LogP contribution is 2.34. The van der Waals surface area contributed by atoms with Gasteiger partial charge in [0.05, 0.1) is 22.3 Å². The van der Waals surface area contributed by atoms with Gasteiger partial charge in [0.2, 0.25) is 0 Å². The molecular weight excluding hydrogens is 458 g/mol. The number of nitrogens with one attached hydrogen (secondary N) is 2. The summed E-state index contributed by atoms with van der Waals surface area (Å²) >= 11 is 1.38. The van der Waals surface area contributed by atoms with Crippen LogP contribution in [0.2, 0.25) is 0 Å². The number of rotatable bonds is 4. The lowest BCUT2D eigenvalue weighted by Crippen LogP contribution is -2.19. The molecule has 170 valence electrons. The van der Waals surface area contributed by atoms with E-state index in [-0.39, 0.29) is 11.5 Å². The Bertz CT molecular complexity index is 1780. The third-order valence-electron chi connectivity index (χ3n) is 5.95. The largest absolute Gasteiger partial charge is 0.358 e. The van der Waals surface area contributed by atoms with Crippen molar-refractivity contribution < 1.29 is 4.79 Å². The van der Waals surface area contributed by atoms with Crippen molar-refractivity contribution in [2.45, 2.75) is 6.92 Å². The Balaban J connectivity index is 1.24. The van der Waals surface area contributed by atoms with Crippen molar-refractivity contribution in [3.05, 3.63) is 106 Å². The number of aryl methyl sites for hydroxylation is 1. The lowest BCUT2D eigenvalue weighted by atomic mass is 10.1. The molecular formula is C27H19N5O2S. The maximum atomic E-state index is 12.8. The number of aromatic nitrogens is 4. The van der Waals surface area contributed by atoms with E-state index >= 15 is 0 Å². The Hall–Kier alpha value is -4.56. The van der Waals surface area contributed by atoms with Crippen LogP contribution in [0, 0.1) is 6.92 Å². The van der Waals surface area contributed by atoms with Crippen molar-refractivity contribution in [1.82, 2.24) is 19.5 Å². The summed E-state index contributed by atoms with van der Waals surface area (Å²) in [6.45, 7) is 2.02. The van der Waals surface area contributed by atoms with Crippen molar-refractivity contribution in [2.75, 3.05) is 5.32 Å². The minimum Gasteiger partial charge on any atom is -0.358 e. The highest BCUT2D eigenvalue weighted by molar-refractivity contribution is 7.14. The molecule has 0 bridgehead atoms. The number of carbonyl (C=O) groups excluding carboxylic acids is 1. The molecule has 3 heterocycles. The second-order valence-corrected chi connectivity index (χ2v) is 9.00. The minimum absolute atomic E-state index is 0.157. The first-order valence-electron chi connectivity index (χ1n) is 11.0. The van der Waals surface area contributed by atoms with E-state index < -0.39 is 0 Å². The van der Waals surface area contributed by atoms with Crippen LogP contribution in [0.5, 0.6) is 0 Å². The van der Waals surface area contributed by atoms with Crippen LogP contribution in [0.1, 0.15) is 16.1 Å². The molecule has 0 radical (unpaired) electrons. The predicted molar refractivity (Wildman–Crippen MR) is 139 cm³/mol. The van der Waals surface area contributed by atoms with Crippen LogP contribution in [0.15, 0.2) is 89.3 Å². The fourth-order valence-electron chi connectivity index (χ4n) is 4.25. The molecule has 6 rings (SSSR count). The number of anilines is 1. The number of amides is 1. The Labute approximate surface area is 203 Å². The van der Waals surface area contributed by atoms with Crippen LogP contribution in [0.3, 0.4) is 0 Å². The number of para-hydroxylation sites is 2. The first-order chi connectivity index (χ1) is 17.1. The average Bonchev–Trinajstić information content (AvgIpc) is 3.47. The maximum absolute atomic E-state index is 12.8. The van der Waals surface area contributed by atoms with Gasteiger partial charge in [0, 0.05) is 33.1 Å². The predicted octanol–water partition coefficient (Wildman–Crippen LogP) is 5.55. The molecule has 7 nitrogen and oxygen atoms in total. The van der Waals surface area contributed by atoms with Gasteiger partial charge in [0.15, 0.2) is 5.13 Å². The molecule has 35 heavy (non-hydrogen) atoms. The Kier molecular flexibility index (Phi) is 5.00. The number of hydrogen-bond acceptors (Lipinski definition) is 5. The van der Waals surface area contributed by atoms with Gasteiger partial charge in [0.1, 0.15) is 6.33 Å². The van der Waals surface area contributed by atoms with Gasteiger partial charge < -0.3 is 4.98 Å². The second-order valence-electron chi connectivity index (χ2n) is 8.15. The molecule has 1 amide bonds. The summed E-state index contributed by atoms with van der Waals surface area (Å²) < 4.78 is 1.47. The molecule has 0 unspecified atom stereocenters. The van der Waals surface area contributed by atoms with Crippen molar-refractivity contribution >= 4 is 44.2 Å². The van der Waals surface area contributed by atoms with Crippen LogP contribution in [0.4, 0.5) is 5.13 Å². The zero-order valence-electron chi connectivity index (χ0n) is 18.6. The van der Waals surface area contributed by atoms with E-state index in [2.05, 4.69) is 26.3 Å². The lowest BCUT2D eigenvalue weighted by molar-refractivity contribution is 0.102. The molecule has 3 aromatic carbocycles. The van der Waals surface area contributed by atoms with Gasteiger partial charge in [-0.2, -0.15) is 0 Å². The molecule has 0 saturated heterocycles. The highest BCUT2D eigenvalue weighted by Gasteiger charge is 2.15. The van der Waals surface area contributed by atoms with E-state index in [9.17, 15) is 9.59 Å². The molecule has 2 N–H and O–H groups in total. The summed E-state index contributed by atoms with van der Waals surface area (Å²) in [5.74, 6) is -0.267. The topological polar surface area (TPSA) is 92.7 Å². The zero-order chi connectivity index (χ0) is 23.9. The number of H-pyrrole nitrogens is 1. The van der Waals surface area contributed by atoms with Gasteiger partial charge in [-0.25, -0.2) is 9.97 Å². The number of aromatic amines is 1. The van der Waals surface area contributed by atoms with Crippen molar-refractivity contribution in [2.24, 2.45) is 0 Å². The van der Waals surface area contributed by atoms with Crippen LogP contribution in [-0.4, -0.2) is 25.4 Å². The molecule has 6 aromatic rings. The summed E-state index contributed by atoms with van der Waals surface area (Å²) in [5.41, 5.74) is 5.54. The standard InChI is InChI=1S/C27H19N5O2S/c1-16-24(19-6-2-5-9-22(19)29-16)23-14-35-27(30-23)31-25(33)17-10-12-18(13-11-17)32-15-28-21-8-4-3-7-20(21)26(32)34/h2-15,29H,1H3,(H,30,31,33). The molecule has 0 saturated carbocycles. The van der Waals surface area contributed by atoms with Gasteiger partial charge in [-0.1, -0.05) is 30.3 Å². The average molecular weight is 478 g/mol. The first-order valence-corrected chi connectivity index (χ1v) is 11.9. The minimum atomic E-state index is -0.267. The van der Waals surface area contributed by atoms with Crippen LogP contribution in [-0.2, 0) is 0 Å². The number of hydrogen-bond donors (Lipinski definition) is 2. The SMILES string of the molecule is Cc1[nH]c2ccccc2c1-c1csc(NC(=O)c2ccc(-n3cnc4ccccc4c3=O)cc2)n1. The fourth-order valence-corrected chi connectivity index (χ4v) is 4.95. The third kappa shape index (κ3) is 3.70. The third-order valence-corrected chi connectivity index (χ3v) is 6.71. The first kappa shape index (κ1) is 21.0. The lowest BCUT2D eigenvalue weighted by Gasteiger charge is -2.08. The zero-order valence-corrected chi connectivity index (χ0v) is 19.5. The van der Waals surface area contributed by atoms with Gasteiger partial charge in [-0.05, 0) is 49.4 Å². The van der Waals surface area contributed by atoms with Gasteiger partial charge in [-0.15, -0.1) is 11.3 Å². The highest BCUT2D eigenvalue weighted by atomic mass is 32.1. The van der Waals surface area contributed by atoms with E-state index in [1.54, 1.807) is 36.4 Å². The Morgan fingerprint density at radius 2 is 1.71 bits per heavy atom. The summed E-state index contributed by atoms with van der Waals surface area (Å²) in [7, 11) is 0. The maximum Gasteiger partial charge on any atom is 0.265 e. The quantitative estimate of drug-likeness (QED) is 0.348. The van der Waals surface area contributed by atoms with Crippen LogP contribution in [0.25, 0.3) is 38.8 Å².